The van der Waals surface area contributed by atoms with E-state index < -0.39 is 0 Å². The average molecular weight is 239 g/mol. The molecule has 0 spiro atoms. The summed E-state index contributed by atoms with van der Waals surface area (Å²) >= 11 is 0. The normalized spacial score (nSPS) is 13.6. The van der Waals surface area contributed by atoms with Gasteiger partial charge in [0.1, 0.15) is 0 Å². The van der Waals surface area contributed by atoms with E-state index >= 15 is 0 Å². The van der Waals surface area contributed by atoms with E-state index in [-0.39, 0.29) is 5.56 Å². The highest BCUT2D eigenvalue weighted by Crippen LogP contribution is 2.22. The van der Waals surface area contributed by atoms with Crippen LogP contribution in [-0.4, -0.2) is 4.57 Å². The first-order chi connectivity index (χ1) is 8.74. The van der Waals surface area contributed by atoms with Crippen LogP contribution >= 0.6 is 0 Å². The lowest BCUT2D eigenvalue weighted by molar-refractivity contribution is 0.751. The second kappa shape index (κ2) is 4.45. The van der Waals surface area contributed by atoms with E-state index in [9.17, 15) is 4.79 Å². The van der Waals surface area contributed by atoms with Crippen molar-refractivity contribution in [3.8, 4) is 0 Å². The molecule has 0 N–H and O–H groups in total. The molecule has 18 heavy (non-hydrogen) atoms. The lowest BCUT2D eigenvalue weighted by Gasteiger charge is -2.08. The Morgan fingerprint density at radius 1 is 1.17 bits per heavy atom. The van der Waals surface area contributed by atoms with E-state index in [2.05, 4.69) is 18.2 Å². The molecule has 0 radical (unpaired) electrons. The number of rotatable bonds is 2. The van der Waals surface area contributed by atoms with Gasteiger partial charge in [-0.1, -0.05) is 24.3 Å². The summed E-state index contributed by atoms with van der Waals surface area (Å²) in [7, 11) is 0. The number of hydrogen-bond acceptors (Lipinski definition) is 1. The van der Waals surface area contributed by atoms with Gasteiger partial charge in [0.2, 0.25) is 0 Å². The van der Waals surface area contributed by atoms with Crippen LogP contribution in [0.1, 0.15) is 28.7 Å². The number of pyridine rings is 1. The van der Waals surface area contributed by atoms with Crippen molar-refractivity contribution in [1.29, 1.82) is 0 Å². The van der Waals surface area contributed by atoms with Crippen LogP contribution < -0.4 is 5.56 Å². The monoisotopic (exact) mass is 239 g/mol. The number of fused-ring (bicyclic) bond motifs is 1. The van der Waals surface area contributed by atoms with Crippen molar-refractivity contribution >= 4 is 0 Å². The van der Waals surface area contributed by atoms with E-state index in [0.717, 1.165) is 5.56 Å². The van der Waals surface area contributed by atoms with Crippen molar-refractivity contribution in [3.63, 3.8) is 0 Å². The molecule has 1 heterocycles. The van der Waals surface area contributed by atoms with Crippen molar-refractivity contribution in [2.24, 2.45) is 0 Å². The van der Waals surface area contributed by atoms with E-state index in [0.29, 0.717) is 6.54 Å². The number of hydrogen-bond donors (Lipinski definition) is 0. The fourth-order valence-electron chi connectivity index (χ4n) is 2.70. The lowest BCUT2D eigenvalue weighted by Crippen LogP contribution is -2.21. The zero-order chi connectivity index (χ0) is 12.5. The highest BCUT2D eigenvalue weighted by Gasteiger charge is 2.11. The lowest BCUT2D eigenvalue weighted by atomic mass is 10.1. The van der Waals surface area contributed by atoms with Gasteiger partial charge in [0, 0.05) is 11.8 Å². The third-order valence-electron chi connectivity index (χ3n) is 3.73. The molecule has 2 nitrogen and oxygen atoms in total. The molecule has 1 aliphatic rings. The second-order valence-electron chi connectivity index (χ2n) is 5.08. The molecule has 0 unspecified atom stereocenters. The molecule has 2 heteroatoms. The van der Waals surface area contributed by atoms with Gasteiger partial charge < -0.3 is 4.57 Å². The van der Waals surface area contributed by atoms with Crippen molar-refractivity contribution in [3.05, 3.63) is 69.1 Å². The summed E-state index contributed by atoms with van der Waals surface area (Å²) in [5, 5.41) is 0. The molecule has 1 aliphatic carbocycles. The summed E-state index contributed by atoms with van der Waals surface area (Å²) in [6.07, 6.45) is 5.53. The smallest absolute Gasteiger partial charge is 0.253 e. The highest BCUT2D eigenvalue weighted by atomic mass is 16.1. The van der Waals surface area contributed by atoms with Gasteiger partial charge >= 0.3 is 0 Å². The van der Waals surface area contributed by atoms with Crippen LogP contribution in [0.25, 0.3) is 0 Å². The first-order valence-corrected chi connectivity index (χ1v) is 6.51. The Hall–Kier alpha value is -1.83. The minimum Gasteiger partial charge on any atom is -0.311 e. The summed E-state index contributed by atoms with van der Waals surface area (Å²) in [5.74, 6) is 0. The van der Waals surface area contributed by atoms with Gasteiger partial charge in [0.05, 0.1) is 6.54 Å². The molecule has 0 aliphatic heterocycles. The van der Waals surface area contributed by atoms with Crippen molar-refractivity contribution < 1.29 is 0 Å². The Labute approximate surface area is 107 Å². The minimum absolute atomic E-state index is 0.109. The molecule has 2 aromatic rings. The van der Waals surface area contributed by atoms with E-state index in [1.165, 1.54) is 36.0 Å². The maximum absolute atomic E-state index is 12.0. The van der Waals surface area contributed by atoms with Gasteiger partial charge in [-0.3, -0.25) is 4.79 Å². The average Bonchev–Trinajstić information content (AvgIpc) is 2.82. The first-order valence-electron chi connectivity index (χ1n) is 6.51. The van der Waals surface area contributed by atoms with E-state index in [4.69, 9.17) is 0 Å². The van der Waals surface area contributed by atoms with Gasteiger partial charge in [0.15, 0.2) is 0 Å². The zero-order valence-corrected chi connectivity index (χ0v) is 10.6. The van der Waals surface area contributed by atoms with Gasteiger partial charge in [-0.05, 0) is 48.9 Å². The predicted octanol–water partition coefficient (Wildman–Crippen LogP) is 2.69. The SMILES string of the molecule is Cc1cccn(Cc2ccc3c(c2)CCC3)c1=O. The molecule has 92 valence electrons. The quantitative estimate of drug-likeness (QED) is 0.789. The summed E-state index contributed by atoms with van der Waals surface area (Å²) < 4.78 is 1.78. The largest absolute Gasteiger partial charge is 0.311 e. The molecule has 0 bridgehead atoms. The molecule has 0 saturated heterocycles. The highest BCUT2D eigenvalue weighted by molar-refractivity contribution is 5.35. The van der Waals surface area contributed by atoms with Crippen LogP contribution in [0.5, 0.6) is 0 Å². The van der Waals surface area contributed by atoms with Gasteiger partial charge in [0.25, 0.3) is 5.56 Å². The number of aromatic nitrogens is 1. The van der Waals surface area contributed by atoms with Crippen LogP contribution in [-0.2, 0) is 19.4 Å². The molecule has 0 atom stereocenters. The summed E-state index contributed by atoms with van der Waals surface area (Å²) in [5.41, 5.74) is 5.09. The van der Waals surface area contributed by atoms with Gasteiger partial charge in [-0.15, -0.1) is 0 Å². The minimum atomic E-state index is 0.109. The third-order valence-corrected chi connectivity index (χ3v) is 3.73. The van der Waals surface area contributed by atoms with Crippen molar-refractivity contribution in [2.75, 3.05) is 0 Å². The Morgan fingerprint density at radius 2 is 2.00 bits per heavy atom. The predicted molar refractivity (Wildman–Crippen MR) is 73.0 cm³/mol. The fraction of sp³-hybridized carbons (Fsp3) is 0.312. The molecule has 1 aromatic heterocycles. The molecule has 0 saturated carbocycles. The number of nitrogens with zero attached hydrogens (tertiary/aromatic N) is 1. The Balaban J connectivity index is 1.93. The maximum atomic E-state index is 12.0. The van der Waals surface area contributed by atoms with Crippen LogP contribution in [0.3, 0.4) is 0 Å². The van der Waals surface area contributed by atoms with Crippen molar-refractivity contribution in [1.82, 2.24) is 4.57 Å². The van der Waals surface area contributed by atoms with Crippen LogP contribution in [0, 0.1) is 6.92 Å². The number of benzene rings is 1. The summed E-state index contributed by atoms with van der Waals surface area (Å²) in [6.45, 7) is 2.54. The Bertz CT molecular complexity index is 640. The molecule has 3 rings (SSSR count). The van der Waals surface area contributed by atoms with E-state index in [1.54, 1.807) is 4.57 Å². The van der Waals surface area contributed by atoms with Gasteiger partial charge in [-0.2, -0.15) is 0 Å². The molecule has 1 aromatic carbocycles. The number of aryl methyl sites for hydroxylation is 3. The summed E-state index contributed by atoms with van der Waals surface area (Å²) in [4.78, 5) is 12.0. The van der Waals surface area contributed by atoms with Crippen LogP contribution in [0.15, 0.2) is 41.3 Å². The topological polar surface area (TPSA) is 22.0 Å². The van der Waals surface area contributed by atoms with Crippen molar-refractivity contribution in [2.45, 2.75) is 32.7 Å². The van der Waals surface area contributed by atoms with E-state index in [1.807, 2.05) is 25.3 Å². The second-order valence-corrected chi connectivity index (χ2v) is 5.08. The maximum Gasteiger partial charge on any atom is 0.253 e. The Morgan fingerprint density at radius 3 is 2.89 bits per heavy atom. The first kappa shape index (κ1) is 11.3. The van der Waals surface area contributed by atoms with Gasteiger partial charge in [-0.25, -0.2) is 0 Å². The third kappa shape index (κ3) is 1.99. The zero-order valence-electron chi connectivity index (χ0n) is 10.6. The van der Waals surface area contributed by atoms with Crippen LogP contribution in [0.4, 0.5) is 0 Å². The summed E-state index contributed by atoms with van der Waals surface area (Å²) in [6, 6.07) is 10.4. The van der Waals surface area contributed by atoms with Crippen LogP contribution in [0.2, 0.25) is 0 Å². The molecular formula is C16H17NO. The standard InChI is InChI=1S/C16H17NO/c1-12-4-3-9-17(16(12)18)11-13-7-8-14-5-2-6-15(14)10-13/h3-4,7-10H,2,5-6,11H2,1H3. The molecule has 0 fully saturated rings. The molecule has 0 amide bonds. The fourth-order valence-corrected chi connectivity index (χ4v) is 2.70. The Kier molecular flexibility index (Phi) is 2.78. The molecular weight excluding hydrogens is 222 g/mol.